The lowest BCUT2D eigenvalue weighted by Gasteiger charge is -2.28. The number of ether oxygens (including phenoxy) is 3. The first kappa shape index (κ1) is 27.7. The molecule has 16 heteroatoms. The molecule has 1 aliphatic heterocycles. The molecule has 6 N–H and O–H groups in total. The maximum Gasteiger partial charge on any atom is 0.459 e. The summed E-state index contributed by atoms with van der Waals surface area (Å²) in [7, 11) is -1.56. The number of nitrogens with one attached hydrogen (secondary N) is 1. The minimum absolute atomic E-state index is 0.0574. The topological polar surface area (TPSA) is 208 Å². The van der Waals surface area contributed by atoms with Gasteiger partial charge in [0.05, 0.1) is 32.7 Å². The van der Waals surface area contributed by atoms with Crippen LogP contribution in [0.2, 0.25) is 0 Å². The van der Waals surface area contributed by atoms with Crippen molar-refractivity contribution in [2.45, 2.75) is 43.9 Å². The van der Waals surface area contributed by atoms with E-state index in [1.165, 1.54) is 32.0 Å². The molecule has 1 fully saturated rings. The van der Waals surface area contributed by atoms with Crippen molar-refractivity contribution < 1.29 is 37.7 Å². The molecule has 0 bridgehead atoms. The molecule has 4 rings (SSSR count). The zero-order valence-corrected chi connectivity index (χ0v) is 22.1. The standard InChI is InChI=1S/C22H30N7O8P/c1-12(19(31)34-4)28-38(32,37-13-8-6-5-7-9-13)35-10-14-16(30)22(2,24)20(36-14)29-11-25-15-17(29)26-21(23)27-18(15)33-3/h5-9,11-12,14,16,20,30H,10,24H2,1-4H3,(H,28,32)(H2,23,26,27)/t12-,14+,16+,20+,22+,38?/m0/s1. The van der Waals surface area contributed by atoms with Crippen molar-refractivity contribution in [3.8, 4) is 11.6 Å². The van der Waals surface area contributed by atoms with Gasteiger partial charge >= 0.3 is 13.7 Å². The van der Waals surface area contributed by atoms with Crippen LogP contribution in [0.25, 0.3) is 11.2 Å². The number of aromatic nitrogens is 4. The van der Waals surface area contributed by atoms with Gasteiger partial charge in [0.2, 0.25) is 11.8 Å². The molecule has 1 aliphatic rings. The zero-order valence-electron chi connectivity index (χ0n) is 21.2. The average Bonchev–Trinajstić information content (AvgIpc) is 3.39. The van der Waals surface area contributed by atoms with Gasteiger partial charge in [0.15, 0.2) is 17.4 Å². The largest absolute Gasteiger partial charge is 0.479 e. The summed E-state index contributed by atoms with van der Waals surface area (Å²) in [5, 5.41) is 13.6. The highest BCUT2D eigenvalue weighted by molar-refractivity contribution is 7.52. The van der Waals surface area contributed by atoms with Crippen LogP contribution in [0.4, 0.5) is 5.95 Å². The minimum atomic E-state index is -4.18. The molecule has 1 unspecified atom stereocenters. The number of rotatable bonds is 10. The molecule has 0 amide bonds. The third-order valence-electron chi connectivity index (χ3n) is 5.96. The third kappa shape index (κ3) is 5.43. The molecule has 3 heterocycles. The van der Waals surface area contributed by atoms with Gasteiger partial charge in [-0.15, -0.1) is 0 Å². The van der Waals surface area contributed by atoms with Crippen LogP contribution < -0.4 is 25.8 Å². The first-order chi connectivity index (χ1) is 18.0. The summed E-state index contributed by atoms with van der Waals surface area (Å²) in [6.07, 6.45) is -1.91. The SMILES string of the molecule is COC(=O)[C@H](C)NP(=O)(OC[C@H]1O[C@@H](n2cnc3c(OC)nc(N)nc32)[C@](C)(N)[C@@H]1O)Oc1ccccc1. The highest BCUT2D eigenvalue weighted by atomic mass is 31.2. The van der Waals surface area contributed by atoms with Crippen molar-refractivity contribution in [2.24, 2.45) is 5.73 Å². The molecule has 2 aromatic heterocycles. The highest BCUT2D eigenvalue weighted by Gasteiger charge is 2.53. The van der Waals surface area contributed by atoms with Crippen LogP contribution in [-0.4, -0.2) is 75.2 Å². The van der Waals surface area contributed by atoms with Crippen molar-refractivity contribution >= 4 is 30.8 Å². The van der Waals surface area contributed by atoms with Crippen LogP contribution in [0.1, 0.15) is 20.1 Å². The van der Waals surface area contributed by atoms with E-state index in [0.29, 0.717) is 5.52 Å². The number of benzene rings is 1. The molecule has 1 saturated heterocycles. The summed E-state index contributed by atoms with van der Waals surface area (Å²) < 4.78 is 42.4. The summed E-state index contributed by atoms with van der Waals surface area (Å²) in [5.74, 6) is -0.349. The number of hydrogen-bond acceptors (Lipinski definition) is 13. The molecular weight excluding hydrogens is 521 g/mol. The number of carbonyl (C=O) groups is 1. The predicted octanol–water partition coefficient (Wildman–Crippen LogP) is 0.748. The Balaban J connectivity index is 1.57. The van der Waals surface area contributed by atoms with E-state index in [4.69, 9.17) is 34.7 Å². The maximum atomic E-state index is 13.6. The van der Waals surface area contributed by atoms with Gasteiger partial charge in [0.25, 0.3) is 0 Å². The number of nitrogen functional groups attached to an aromatic ring is 1. The van der Waals surface area contributed by atoms with E-state index in [1.54, 1.807) is 37.3 Å². The Kier molecular flexibility index (Phi) is 7.88. The monoisotopic (exact) mass is 551 g/mol. The smallest absolute Gasteiger partial charge is 0.459 e. The lowest BCUT2D eigenvalue weighted by molar-refractivity contribution is -0.142. The fourth-order valence-corrected chi connectivity index (χ4v) is 5.50. The zero-order chi connectivity index (χ0) is 27.7. The summed E-state index contributed by atoms with van der Waals surface area (Å²) >= 11 is 0. The fourth-order valence-electron chi connectivity index (χ4n) is 4.00. The molecule has 0 saturated carbocycles. The second-order valence-electron chi connectivity index (χ2n) is 8.82. The van der Waals surface area contributed by atoms with Crippen LogP contribution >= 0.6 is 7.75 Å². The van der Waals surface area contributed by atoms with Crippen LogP contribution in [0.5, 0.6) is 11.6 Å². The molecule has 15 nitrogen and oxygen atoms in total. The third-order valence-corrected chi connectivity index (χ3v) is 7.61. The number of hydrogen-bond donors (Lipinski definition) is 4. The van der Waals surface area contributed by atoms with Gasteiger partial charge in [-0.3, -0.25) is 13.9 Å². The quantitative estimate of drug-likeness (QED) is 0.202. The number of para-hydroxylation sites is 1. The molecule has 0 spiro atoms. The van der Waals surface area contributed by atoms with E-state index in [-0.39, 0.29) is 23.2 Å². The number of carbonyl (C=O) groups excluding carboxylic acids is 1. The Bertz CT molecular complexity index is 1340. The summed E-state index contributed by atoms with van der Waals surface area (Å²) in [6.45, 7) is 2.60. The van der Waals surface area contributed by atoms with Crippen LogP contribution in [0.15, 0.2) is 36.7 Å². The van der Waals surface area contributed by atoms with Gasteiger partial charge in [0.1, 0.15) is 24.0 Å². The van der Waals surface area contributed by atoms with E-state index >= 15 is 0 Å². The predicted molar refractivity (Wildman–Crippen MR) is 134 cm³/mol. The molecule has 206 valence electrons. The van der Waals surface area contributed by atoms with E-state index < -0.39 is 50.3 Å². The molecular formula is C22H30N7O8P. The van der Waals surface area contributed by atoms with Crippen molar-refractivity contribution in [1.29, 1.82) is 0 Å². The van der Waals surface area contributed by atoms with Gasteiger partial charge in [-0.25, -0.2) is 9.55 Å². The maximum absolute atomic E-state index is 13.6. The Morgan fingerprint density at radius 3 is 2.68 bits per heavy atom. The summed E-state index contributed by atoms with van der Waals surface area (Å²) in [6, 6.07) is 7.22. The highest BCUT2D eigenvalue weighted by Crippen LogP contribution is 2.47. The van der Waals surface area contributed by atoms with Gasteiger partial charge in [-0.1, -0.05) is 18.2 Å². The first-order valence-electron chi connectivity index (χ1n) is 11.5. The number of nitrogens with two attached hydrogens (primary N) is 2. The van der Waals surface area contributed by atoms with Gasteiger partial charge < -0.3 is 35.3 Å². The normalized spacial score (nSPS) is 25.6. The summed E-state index contributed by atoms with van der Waals surface area (Å²) in [4.78, 5) is 24.4. The number of anilines is 1. The Morgan fingerprint density at radius 1 is 1.32 bits per heavy atom. The lowest BCUT2D eigenvalue weighted by atomic mass is 9.93. The number of esters is 1. The number of nitrogens with zero attached hydrogens (tertiary/aromatic N) is 4. The second-order valence-corrected chi connectivity index (χ2v) is 10.5. The van der Waals surface area contributed by atoms with Crippen LogP contribution in [-0.2, 0) is 23.4 Å². The van der Waals surface area contributed by atoms with Crippen molar-refractivity contribution in [2.75, 3.05) is 26.6 Å². The van der Waals surface area contributed by atoms with Gasteiger partial charge in [-0.05, 0) is 26.0 Å². The first-order valence-corrected chi connectivity index (χ1v) is 13.0. The van der Waals surface area contributed by atoms with E-state index in [1.807, 2.05) is 0 Å². The van der Waals surface area contributed by atoms with Crippen LogP contribution in [0, 0.1) is 0 Å². The van der Waals surface area contributed by atoms with Crippen molar-refractivity contribution in [1.82, 2.24) is 24.6 Å². The Labute approximate surface area is 218 Å². The fraction of sp³-hybridized carbons (Fsp3) is 0.455. The molecule has 3 aromatic rings. The number of methoxy groups -OCH3 is 2. The van der Waals surface area contributed by atoms with Crippen molar-refractivity contribution in [3.63, 3.8) is 0 Å². The Hall–Kier alpha value is -3.33. The molecule has 0 radical (unpaired) electrons. The van der Waals surface area contributed by atoms with E-state index in [0.717, 1.165) is 0 Å². The average molecular weight is 551 g/mol. The van der Waals surface area contributed by atoms with Gasteiger partial charge in [-0.2, -0.15) is 15.1 Å². The molecule has 38 heavy (non-hydrogen) atoms. The van der Waals surface area contributed by atoms with Crippen LogP contribution in [0.3, 0.4) is 0 Å². The summed E-state index contributed by atoms with van der Waals surface area (Å²) in [5.41, 5.74) is 11.5. The number of aliphatic hydroxyl groups excluding tert-OH is 1. The minimum Gasteiger partial charge on any atom is -0.479 e. The lowest BCUT2D eigenvalue weighted by Crippen LogP contribution is -2.52. The number of aliphatic hydroxyl groups is 1. The van der Waals surface area contributed by atoms with Gasteiger partial charge in [0, 0.05) is 0 Å². The molecule has 0 aliphatic carbocycles. The number of fused-ring (bicyclic) bond motifs is 1. The van der Waals surface area contributed by atoms with E-state index in [9.17, 15) is 14.5 Å². The second kappa shape index (κ2) is 10.8. The van der Waals surface area contributed by atoms with E-state index in [2.05, 4.69) is 20.0 Å². The molecule has 6 atom stereocenters. The Morgan fingerprint density at radius 2 is 2.03 bits per heavy atom. The van der Waals surface area contributed by atoms with Crippen molar-refractivity contribution in [3.05, 3.63) is 36.7 Å². The molecule has 1 aromatic carbocycles. The number of imidazole rings is 1.